The molecule has 1 atom stereocenters. The van der Waals surface area contributed by atoms with Crippen molar-refractivity contribution >= 4 is 11.8 Å². The quantitative estimate of drug-likeness (QED) is 0.295. The molecule has 3 aromatic carbocycles. The Morgan fingerprint density at radius 2 is 1.79 bits per heavy atom. The van der Waals surface area contributed by atoms with E-state index in [9.17, 15) is 14.7 Å². The average Bonchev–Trinajstić information content (AvgIpc) is 2.83. The fourth-order valence-corrected chi connectivity index (χ4v) is 4.11. The largest absolute Gasteiger partial charge is 0.507 e. The Labute approximate surface area is 197 Å². The Morgan fingerprint density at radius 3 is 2.47 bits per heavy atom. The summed E-state index contributed by atoms with van der Waals surface area (Å²) in [6.07, 6.45) is 0.707. The summed E-state index contributed by atoms with van der Waals surface area (Å²) in [5.41, 5.74) is 2.45. The van der Waals surface area contributed by atoms with Crippen molar-refractivity contribution in [1.82, 2.24) is 0 Å². The van der Waals surface area contributed by atoms with Crippen LogP contribution in [0.2, 0.25) is 0 Å². The second kappa shape index (κ2) is 9.87. The van der Waals surface area contributed by atoms with E-state index in [0.717, 1.165) is 16.9 Å². The first kappa shape index (κ1) is 23.2. The number of carbonyl (C=O) groups is 2. The molecule has 1 unspecified atom stereocenters. The van der Waals surface area contributed by atoms with E-state index in [0.29, 0.717) is 30.1 Å². The molecule has 7 heteroatoms. The molecule has 176 valence electrons. The van der Waals surface area contributed by atoms with Crippen molar-refractivity contribution in [3.8, 4) is 28.7 Å². The van der Waals surface area contributed by atoms with Gasteiger partial charge in [0.1, 0.15) is 17.2 Å². The van der Waals surface area contributed by atoms with E-state index in [-0.39, 0.29) is 29.3 Å². The summed E-state index contributed by atoms with van der Waals surface area (Å²) in [5, 5.41) is 10.8. The lowest BCUT2D eigenvalue weighted by atomic mass is 9.84. The fourth-order valence-electron chi connectivity index (χ4n) is 4.11. The molecule has 1 N–H and O–H groups in total. The summed E-state index contributed by atoms with van der Waals surface area (Å²) in [6, 6.07) is 16.2. The van der Waals surface area contributed by atoms with Gasteiger partial charge in [-0.2, -0.15) is 0 Å². The zero-order valence-electron chi connectivity index (χ0n) is 19.3. The van der Waals surface area contributed by atoms with Gasteiger partial charge in [0.2, 0.25) is 0 Å². The molecule has 0 aromatic heterocycles. The number of phenols is 1. The first-order valence-corrected chi connectivity index (χ1v) is 10.9. The Morgan fingerprint density at radius 1 is 1.03 bits per heavy atom. The molecule has 1 heterocycles. The van der Waals surface area contributed by atoms with Gasteiger partial charge in [-0.15, -0.1) is 0 Å². The highest BCUT2D eigenvalue weighted by Gasteiger charge is 2.33. The van der Waals surface area contributed by atoms with Gasteiger partial charge in [0, 0.05) is 17.9 Å². The first-order chi connectivity index (χ1) is 16.4. The smallest absolute Gasteiger partial charge is 0.312 e. The van der Waals surface area contributed by atoms with Crippen LogP contribution in [0.25, 0.3) is 0 Å². The lowest BCUT2D eigenvalue weighted by Crippen LogP contribution is -2.21. The third kappa shape index (κ3) is 4.69. The van der Waals surface area contributed by atoms with Gasteiger partial charge in [-0.25, -0.2) is 0 Å². The number of benzene rings is 3. The minimum absolute atomic E-state index is 0.0273. The number of ketones is 1. The highest BCUT2D eigenvalue weighted by molar-refractivity contribution is 5.98. The molecule has 0 saturated heterocycles. The van der Waals surface area contributed by atoms with E-state index in [1.54, 1.807) is 32.4 Å². The Balaban J connectivity index is 1.62. The zero-order valence-corrected chi connectivity index (χ0v) is 19.3. The minimum Gasteiger partial charge on any atom is -0.507 e. The molecule has 34 heavy (non-hydrogen) atoms. The van der Waals surface area contributed by atoms with Crippen LogP contribution in [0.4, 0.5) is 0 Å². The number of hydrogen-bond donors (Lipinski definition) is 1. The number of esters is 1. The van der Waals surface area contributed by atoms with Crippen LogP contribution in [0.5, 0.6) is 28.7 Å². The number of carbonyl (C=O) groups excluding carboxylic acids is 2. The SMILES string of the molecule is COc1ccc(CCOc2cc(C3CC(=O)Oc4ccc(C(C)=O)c(O)c43)ccc2OC)cc1. The van der Waals surface area contributed by atoms with E-state index in [4.69, 9.17) is 18.9 Å². The summed E-state index contributed by atoms with van der Waals surface area (Å²) in [5.74, 6) is 0.780. The van der Waals surface area contributed by atoms with E-state index in [2.05, 4.69) is 0 Å². The van der Waals surface area contributed by atoms with Gasteiger partial charge in [-0.3, -0.25) is 9.59 Å². The predicted molar refractivity (Wildman–Crippen MR) is 125 cm³/mol. The highest BCUT2D eigenvalue weighted by atomic mass is 16.5. The summed E-state index contributed by atoms with van der Waals surface area (Å²) in [6.45, 7) is 1.79. The van der Waals surface area contributed by atoms with E-state index in [1.807, 2.05) is 30.3 Å². The van der Waals surface area contributed by atoms with Crippen molar-refractivity contribution in [3.63, 3.8) is 0 Å². The Bertz CT molecular complexity index is 1210. The molecule has 0 fully saturated rings. The van der Waals surface area contributed by atoms with Gasteiger partial charge in [0.25, 0.3) is 0 Å². The molecule has 0 spiro atoms. The van der Waals surface area contributed by atoms with Gasteiger partial charge in [0.15, 0.2) is 17.3 Å². The highest BCUT2D eigenvalue weighted by Crippen LogP contribution is 2.46. The van der Waals surface area contributed by atoms with Gasteiger partial charge < -0.3 is 24.1 Å². The number of ether oxygens (including phenoxy) is 4. The van der Waals surface area contributed by atoms with Crippen molar-refractivity contribution in [2.45, 2.75) is 25.7 Å². The summed E-state index contributed by atoms with van der Waals surface area (Å²) in [7, 11) is 3.19. The predicted octanol–water partition coefficient (Wildman–Crippen LogP) is 4.67. The second-order valence-electron chi connectivity index (χ2n) is 8.02. The third-order valence-corrected chi connectivity index (χ3v) is 5.90. The second-order valence-corrected chi connectivity index (χ2v) is 8.02. The average molecular weight is 462 g/mol. The number of fused-ring (bicyclic) bond motifs is 1. The molecule has 3 aromatic rings. The van der Waals surface area contributed by atoms with Crippen LogP contribution in [0.3, 0.4) is 0 Å². The molecular formula is C27H26O7. The molecule has 0 radical (unpaired) electrons. The maximum Gasteiger partial charge on any atom is 0.312 e. The number of rotatable bonds is 8. The van der Waals surface area contributed by atoms with Gasteiger partial charge in [0.05, 0.1) is 32.8 Å². The van der Waals surface area contributed by atoms with Crippen molar-refractivity contribution < 1.29 is 33.6 Å². The van der Waals surface area contributed by atoms with Crippen LogP contribution in [0, 0.1) is 0 Å². The van der Waals surface area contributed by atoms with Crippen molar-refractivity contribution in [2.24, 2.45) is 0 Å². The number of aromatic hydroxyl groups is 1. The zero-order chi connectivity index (χ0) is 24.2. The van der Waals surface area contributed by atoms with E-state index >= 15 is 0 Å². The molecule has 1 aliphatic rings. The van der Waals surface area contributed by atoms with Crippen LogP contribution >= 0.6 is 0 Å². The van der Waals surface area contributed by atoms with Crippen molar-refractivity contribution in [3.05, 3.63) is 76.9 Å². The van der Waals surface area contributed by atoms with Crippen LogP contribution in [0.1, 0.15) is 46.3 Å². The van der Waals surface area contributed by atoms with Crippen LogP contribution in [-0.2, 0) is 11.2 Å². The lowest BCUT2D eigenvalue weighted by molar-refractivity contribution is -0.135. The normalized spacial score (nSPS) is 14.7. The van der Waals surface area contributed by atoms with Crippen LogP contribution < -0.4 is 18.9 Å². The molecular weight excluding hydrogens is 436 g/mol. The molecule has 7 nitrogen and oxygen atoms in total. The van der Waals surface area contributed by atoms with Crippen LogP contribution in [0.15, 0.2) is 54.6 Å². The fraction of sp³-hybridized carbons (Fsp3) is 0.259. The topological polar surface area (TPSA) is 91.3 Å². The maximum atomic E-state index is 12.3. The lowest BCUT2D eigenvalue weighted by Gasteiger charge is -2.27. The van der Waals surface area contributed by atoms with Gasteiger partial charge >= 0.3 is 5.97 Å². The third-order valence-electron chi connectivity index (χ3n) is 5.90. The monoisotopic (exact) mass is 462 g/mol. The van der Waals surface area contributed by atoms with E-state index in [1.165, 1.54) is 13.0 Å². The minimum atomic E-state index is -0.495. The standard InChI is InChI=1S/C27H26O7/c1-16(28)20-9-11-23-26(27(20)30)21(15-25(29)34-23)18-6-10-22(32-3)24(14-18)33-13-12-17-4-7-19(31-2)8-5-17/h4-11,14,21,30H,12-13,15H2,1-3H3. The molecule has 1 aliphatic heterocycles. The van der Waals surface area contributed by atoms with E-state index < -0.39 is 11.9 Å². The van der Waals surface area contributed by atoms with Gasteiger partial charge in [-0.1, -0.05) is 18.2 Å². The number of phenolic OH excluding ortho intramolecular Hbond substituents is 1. The summed E-state index contributed by atoms with van der Waals surface area (Å²) < 4.78 is 22.0. The maximum absolute atomic E-state index is 12.3. The number of methoxy groups -OCH3 is 2. The first-order valence-electron chi connectivity index (χ1n) is 10.9. The van der Waals surface area contributed by atoms with Crippen LogP contribution in [-0.4, -0.2) is 37.7 Å². The molecule has 0 saturated carbocycles. The molecule has 0 aliphatic carbocycles. The Kier molecular flexibility index (Phi) is 6.72. The summed E-state index contributed by atoms with van der Waals surface area (Å²) in [4.78, 5) is 24.2. The summed E-state index contributed by atoms with van der Waals surface area (Å²) >= 11 is 0. The molecule has 0 amide bonds. The van der Waals surface area contributed by atoms with Gasteiger partial charge in [-0.05, 0) is 54.4 Å². The number of hydrogen-bond acceptors (Lipinski definition) is 7. The van der Waals surface area contributed by atoms with Crippen molar-refractivity contribution in [2.75, 3.05) is 20.8 Å². The van der Waals surface area contributed by atoms with Crippen molar-refractivity contribution in [1.29, 1.82) is 0 Å². The number of Topliss-reactive ketones (excluding diaryl/α,β-unsaturated/α-hetero) is 1. The molecule has 4 rings (SSSR count). The molecule has 0 bridgehead atoms. The Hall–Kier alpha value is -4.00.